The second kappa shape index (κ2) is 5.48. The quantitative estimate of drug-likeness (QED) is 0.546. The standard InChI is InChI=1S/C9H18N4OS/c1-9(10,6-14)4-3-5-15-8-12-11-7-13(8)2/h7,14H,3-6,10H2,1-2H3. The van der Waals surface area contributed by atoms with E-state index in [0.717, 1.165) is 23.8 Å². The highest BCUT2D eigenvalue weighted by molar-refractivity contribution is 7.99. The van der Waals surface area contributed by atoms with Gasteiger partial charge in [-0.3, -0.25) is 0 Å². The molecule has 5 nitrogen and oxygen atoms in total. The van der Waals surface area contributed by atoms with Gasteiger partial charge in [0.15, 0.2) is 5.16 Å². The Labute approximate surface area is 94.1 Å². The van der Waals surface area contributed by atoms with Crippen molar-refractivity contribution in [3.8, 4) is 0 Å². The normalized spacial score (nSPS) is 15.2. The van der Waals surface area contributed by atoms with Gasteiger partial charge >= 0.3 is 0 Å². The number of nitrogens with zero attached hydrogens (tertiary/aromatic N) is 3. The first-order chi connectivity index (χ1) is 7.05. The maximum atomic E-state index is 8.96. The van der Waals surface area contributed by atoms with Gasteiger partial charge in [0.1, 0.15) is 6.33 Å². The Morgan fingerprint density at radius 1 is 1.67 bits per heavy atom. The monoisotopic (exact) mass is 230 g/mol. The van der Waals surface area contributed by atoms with Crippen LogP contribution in [0.3, 0.4) is 0 Å². The molecule has 0 radical (unpaired) electrons. The van der Waals surface area contributed by atoms with Crippen molar-refractivity contribution in [3.63, 3.8) is 0 Å². The van der Waals surface area contributed by atoms with E-state index in [9.17, 15) is 0 Å². The first kappa shape index (κ1) is 12.5. The summed E-state index contributed by atoms with van der Waals surface area (Å²) >= 11 is 1.66. The molecule has 0 bridgehead atoms. The largest absolute Gasteiger partial charge is 0.394 e. The molecule has 0 saturated carbocycles. The van der Waals surface area contributed by atoms with Crippen molar-refractivity contribution in [1.29, 1.82) is 0 Å². The molecule has 6 heteroatoms. The summed E-state index contributed by atoms with van der Waals surface area (Å²) in [7, 11) is 1.92. The van der Waals surface area contributed by atoms with E-state index in [4.69, 9.17) is 10.8 Å². The van der Waals surface area contributed by atoms with Crippen LogP contribution in [0.1, 0.15) is 19.8 Å². The highest BCUT2D eigenvalue weighted by atomic mass is 32.2. The summed E-state index contributed by atoms with van der Waals surface area (Å²) in [5.74, 6) is 0.944. The van der Waals surface area contributed by atoms with Crippen LogP contribution in [0.5, 0.6) is 0 Å². The van der Waals surface area contributed by atoms with Crippen molar-refractivity contribution in [2.24, 2.45) is 12.8 Å². The van der Waals surface area contributed by atoms with E-state index in [0.29, 0.717) is 0 Å². The topological polar surface area (TPSA) is 77.0 Å². The zero-order valence-electron chi connectivity index (χ0n) is 9.18. The van der Waals surface area contributed by atoms with Gasteiger partial charge in [0.25, 0.3) is 0 Å². The van der Waals surface area contributed by atoms with Crippen LogP contribution < -0.4 is 5.73 Å². The minimum atomic E-state index is -0.458. The van der Waals surface area contributed by atoms with Crippen molar-refractivity contribution in [2.45, 2.75) is 30.5 Å². The Morgan fingerprint density at radius 2 is 2.40 bits per heavy atom. The lowest BCUT2D eigenvalue weighted by atomic mass is 9.99. The van der Waals surface area contributed by atoms with E-state index in [1.165, 1.54) is 0 Å². The van der Waals surface area contributed by atoms with Gasteiger partial charge in [-0.25, -0.2) is 0 Å². The Balaban J connectivity index is 2.20. The molecule has 1 unspecified atom stereocenters. The predicted molar refractivity (Wildman–Crippen MR) is 60.6 cm³/mol. The second-order valence-electron chi connectivity index (χ2n) is 3.99. The summed E-state index contributed by atoms with van der Waals surface area (Å²) in [6, 6.07) is 0. The molecule has 86 valence electrons. The van der Waals surface area contributed by atoms with Crippen LogP contribution in [0, 0.1) is 0 Å². The molecule has 0 amide bonds. The van der Waals surface area contributed by atoms with Crippen LogP contribution in [-0.2, 0) is 7.05 Å². The smallest absolute Gasteiger partial charge is 0.190 e. The average Bonchev–Trinajstić information content (AvgIpc) is 2.59. The number of hydrogen-bond acceptors (Lipinski definition) is 5. The number of hydrogen-bond donors (Lipinski definition) is 2. The molecule has 0 aliphatic heterocycles. The number of aliphatic hydroxyl groups excluding tert-OH is 1. The fourth-order valence-corrected chi connectivity index (χ4v) is 1.95. The van der Waals surface area contributed by atoms with Crippen LogP contribution in [0.15, 0.2) is 11.5 Å². The molecule has 15 heavy (non-hydrogen) atoms. The van der Waals surface area contributed by atoms with Gasteiger partial charge in [-0.15, -0.1) is 10.2 Å². The fraction of sp³-hybridized carbons (Fsp3) is 0.778. The van der Waals surface area contributed by atoms with Crippen molar-refractivity contribution in [2.75, 3.05) is 12.4 Å². The van der Waals surface area contributed by atoms with Crippen molar-refractivity contribution in [3.05, 3.63) is 6.33 Å². The first-order valence-electron chi connectivity index (χ1n) is 4.92. The summed E-state index contributed by atoms with van der Waals surface area (Å²) < 4.78 is 1.89. The molecule has 1 aromatic rings. The number of aliphatic hydroxyl groups is 1. The van der Waals surface area contributed by atoms with E-state index in [2.05, 4.69) is 10.2 Å². The molecule has 1 aromatic heterocycles. The second-order valence-corrected chi connectivity index (χ2v) is 5.05. The summed E-state index contributed by atoms with van der Waals surface area (Å²) in [5, 5.41) is 17.6. The number of aromatic nitrogens is 3. The van der Waals surface area contributed by atoms with Crippen molar-refractivity contribution >= 4 is 11.8 Å². The van der Waals surface area contributed by atoms with E-state index in [1.54, 1.807) is 18.1 Å². The zero-order chi connectivity index (χ0) is 11.3. The highest BCUT2D eigenvalue weighted by Gasteiger charge is 2.16. The van der Waals surface area contributed by atoms with Gasteiger partial charge < -0.3 is 15.4 Å². The minimum Gasteiger partial charge on any atom is -0.394 e. The Bertz CT molecular complexity index is 300. The molecule has 1 heterocycles. The lowest BCUT2D eigenvalue weighted by Crippen LogP contribution is -2.40. The lowest BCUT2D eigenvalue weighted by molar-refractivity contribution is 0.200. The van der Waals surface area contributed by atoms with E-state index in [-0.39, 0.29) is 6.61 Å². The van der Waals surface area contributed by atoms with Crippen molar-refractivity contribution in [1.82, 2.24) is 14.8 Å². The molecule has 0 aliphatic carbocycles. The van der Waals surface area contributed by atoms with Gasteiger partial charge in [0, 0.05) is 18.3 Å². The summed E-state index contributed by atoms with van der Waals surface area (Å²) in [5.41, 5.74) is 5.36. The number of nitrogens with two attached hydrogens (primary N) is 1. The SMILES string of the molecule is Cn1cnnc1SCCCC(C)(N)CO. The zero-order valence-corrected chi connectivity index (χ0v) is 10.00. The van der Waals surface area contributed by atoms with Gasteiger partial charge in [-0.05, 0) is 19.8 Å². The molecule has 0 aromatic carbocycles. The molecule has 0 aliphatic rings. The first-order valence-corrected chi connectivity index (χ1v) is 5.90. The summed E-state index contributed by atoms with van der Waals surface area (Å²) in [4.78, 5) is 0. The molecule has 3 N–H and O–H groups in total. The van der Waals surface area contributed by atoms with Crippen molar-refractivity contribution < 1.29 is 5.11 Å². The molecular formula is C9H18N4OS. The Hall–Kier alpha value is -0.590. The Kier molecular flexibility index (Phi) is 4.56. The average molecular weight is 230 g/mol. The van der Waals surface area contributed by atoms with E-state index in [1.807, 2.05) is 18.5 Å². The molecule has 0 fully saturated rings. The van der Waals surface area contributed by atoms with Crippen LogP contribution in [0.2, 0.25) is 0 Å². The third-order valence-electron chi connectivity index (χ3n) is 2.15. The van der Waals surface area contributed by atoms with Gasteiger partial charge in [0.2, 0.25) is 0 Å². The third kappa shape index (κ3) is 4.19. The minimum absolute atomic E-state index is 0.0294. The summed E-state index contributed by atoms with van der Waals surface area (Å²) in [6.07, 6.45) is 3.46. The number of thioether (sulfide) groups is 1. The van der Waals surface area contributed by atoms with Gasteiger partial charge in [-0.2, -0.15) is 0 Å². The fourth-order valence-electron chi connectivity index (χ4n) is 1.12. The van der Waals surface area contributed by atoms with E-state index >= 15 is 0 Å². The van der Waals surface area contributed by atoms with Crippen LogP contribution in [-0.4, -0.2) is 37.8 Å². The maximum Gasteiger partial charge on any atom is 0.190 e. The lowest BCUT2D eigenvalue weighted by Gasteiger charge is -2.20. The molecular weight excluding hydrogens is 212 g/mol. The summed E-state index contributed by atoms with van der Waals surface area (Å²) in [6.45, 7) is 1.89. The molecule has 1 atom stereocenters. The van der Waals surface area contributed by atoms with Crippen LogP contribution in [0.25, 0.3) is 0 Å². The third-order valence-corrected chi connectivity index (χ3v) is 3.28. The number of rotatable bonds is 6. The van der Waals surface area contributed by atoms with Gasteiger partial charge in [0.05, 0.1) is 6.61 Å². The Morgan fingerprint density at radius 3 is 2.93 bits per heavy atom. The molecule has 1 rings (SSSR count). The maximum absolute atomic E-state index is 8.96. The molecule has 0 saturated heterocycles. The van der Waals surface area contributed by atoms with Crippen LogP contribution in [0.4, 0.5) is 0 Å². The number of aryl methyl sites for hydroxylation is 1. The molecule has 0 spiro atoms. The predicted octanol–water partition coefficient (Wildman–Crippen LogP) is 0.397. The van der Waals surface area contributed by atoms with Crippen LogP contribution >= 0.6 is 11.8 Å². The van der Waals surface area contributed by atoms with Gasteiger partial charge in [-0.1, -0.05) is 11.8 Å². The van der Waals surface area contributed by atoms with E-state index < -0.39 is 5.54 Å². The highest BCUT2D eigenvalue weighted by Crippen LogP contribution is 2.17.